The molecule has 0 spiro atoms. The van der Waals surface area contributed by atoms with Crippen molar-refractivity contribution in [3.8, 4) is 0 Å². The number of morpholine rings is 1. The van der Waals surface area contributed by atoms with Crippen LogP contribution in [0, 0.1) is 5.41 Å². The molecule has 2 aliphatic rings. The number of nitrogens with one attached hydrogen (secondary N) is 2. The fraction of sp³-hybridized carbons (Fsp3) is 0.696. The molecule has 2 fully saturated rings. The van der Waals surface area contributed by atoms with Gasteiger partial charge in [0.25, 0.3) is 0 Å². The molecule has 1 saturated carbocycles. The van der Waals surface area contributed by atoms with Crippen LogP contribution in [0.25, 0.3) is 0 Å². The Bertz CT molecular complexity index is 617. The van der Waals surface area contributed by atoms with Gasteiger partial charge in [-0.05, 0) is 30.2 Å². The molecule has 3 rings (SSSR count). The fourth-order valence-electron chi connectivity index (χ4n) is 4.67. The van der Waals surface area contributed by atoms with Gasteiger partial charge < -0.3 is 20.1 Å². The van der Waals surface area contributed by atoms with Gasteiger partial charge in [0.05, 0.1) is 19.3 Å². The van der Waals surface area contributed by atoms with Crippen LogP contribution in [-0.2, 0) is 9.47 Å². The highest BCUT2D eigenvalue weighted by molar-refractivity contribution is 14.0. The summed E-state index contributed by atoms with van der Waals surface area (Å²) < 4.78 is 10.9. The third-order valence-electron chi connectivity index (χ3n) is 6.49. The predicted octanol–water partition coefficient (Wildman–Crippen LogP) is 3.44. The topological polar surface area (TPSA) is 58.1 Å². The van der Waals surface area contributed by atoms with Crippen LogP contribution in [0.1, 0.15) is 43.7 Å². The number of hydrogen-bond acceptors (Lipinski definition) is 4. The molecule has 1 heterocycles. The number of rotatable bonds is 9. The average molecular weight is 530 g/mol. The Morgan fingerprint density at radius 3 is 2.50 bits per heavy atom. The van der Waals surface area contributed by atoms with Crippen molar-refractivity contribution >= 4 is 29.9 Å². The molecule has 1 unspecified atom stereocenters. The molecule has 1 aromatic carbocycles. The lowest BCUT2D eigenvalue weighted by atomic mass is 9.83. The third kappa shape index (κ3) is 7.35. The van der Waals surface area contributed by atoms with Crippen molar-refractivity contribution in [3.05, 3.63) is 35.9 Å². The molecule has 1 saturated heterocycles. The van der Waals surface area contributed by atoms with Crippen molar-refractivity contribution in [1.82, 2.24) is 15.5 Å². The maximum atomic E-state index is 5.56. The van der Waals surface area contributed by atoms with E-state index in [4.69, 9.17) is 9.47 Å². The molecule has 30 heavy (non-hydrogen) atoms. The van der Waals surface area contributed by atoms with Crippen LogP contribution in [0.3, 0.4) is 0 Å². The van der Waals surface area contributed by atoms with Gasteiger partial charge in [0.15, 0.2) is 5.96 Å². The van der Waals surface area contributed by atoms with Crippen LogP contribution < -0.4 is 10.6 Å². The second kappa shape index (κ2) is 13.5. The number of nitrogens with zero attached hydrogens (tertiary/aromatic N) is 2. The molecule has 1 atom stereocenters. The number of benzene rings is 1. The molecule has 170 valence electrons. The summed E-state index contributed by atoms with van der Waals surface area (Å²) in [6.07, 6.45) is 6.32. The monoisotopic (exact) mass is 530 g/mol. The van der Waals surface area contributed by atoms with Gasteiger partial charge in [0.2, 0.25) is 0 Å². The van der Waals surface area contributed by atoms with E-state index in [2.05, 4.69) is 50.9 Å². The summed E-state index contributed by atoms with van der Waals surface area (Å²) in [5.41, 5.74) is 1.68. The van der Waals surface area contributed by atoms with Gasteiger partial charge in [0, 0.05) is 46.9 Å². The van der Waals surface area contributed by atoms with E-state index in [0.717, 1.165) is 58.4 Å². The largest absolute Gasteiger partial charge is 0.385 e. The molecule has 2 N–H and O–H groups in total. The SMILES string of the molecule is CN=C(NCC(c1ccccc1)N1CCOCC1)NCC1(CCOC)CCCC1.I. The van der Waals surface area contributed by atoms with E-state index in [9.17, 15) is 0 Å². The molecule has 0 aromatic heterocycles. The maximum absolute atomic E-state index is 5.56. The quantitative estimate of drug-likeness (QED) is 0.291. The van der Waals surface area contributed by atoms with Crippen molar-refractivity contribution in [3.63, 3.8) is 0 Å². The van der Waals surface area contributed by atoms with Gasteiger partial charge >= 0.3 is 0 Å². The number of aliphatic imine (C=N–C) groups is 1. The molecule has 7 heteroatoms. The Balaban J connectivity index is 0.00000320. The predicted molar refractivity (Wildman–Crippen MR) is 134 cm³/mol. The van der Waals surface area contributed by atoms with E-state index in [-0.39, 0.29) is 24.0 Å². The molecule has 1 aliphatic carbocycles. The lowest BCUT2D eigenvalue weighted by Crippen LogP contribution is -2.48. The first kappa shape index (κ1) is 25.4. The van der Waals surface area contributed by atoms with Gasteiger partial charge in [-0.1, -0.05) is 43.2 Å². The normalized spacial score (nSPS) is 20.4. The Morgan fingerprint density at radius 2 is 1.87 bits per heavy atom. The molecule has 0 amide bonds. The van der Waals surface area contributed by atoms with Gasteiger partial charge in [0.1, 0.15) is 0 Å². The zero-order valence-corrected chi connectivity index (χ0v) is 20.9. The summed E-state index contributed by atoms with van der Waals surface area (Å²) >= 11 is 0. The van der Waals surface area contributed by atoms with Gasteiger partial charge in [-0.3, -0.25) is 9.89 Å². The Kier molecular flexibility index (Phi) is 11.4. The molecule has 0 bridgehead atoms. The van der Waals surface area contributed by atoms with Crippen molar-refractivity contribution in [2.45, 2.75) is 38.1 Å². The summed E-state index contributed by atoms with van der Waals surface area (Å²) in [6, 6.07) is 11.1. The summed E-state index contributed by atoms with van der Waals surface area (Å²) in [5.74, 6) is 0.892. The first-order valence-electron chi connectivity index (χ1n) is 11.1. The first-order chi connectivity index (χ1) is 14.3. The second-order valence-corrected chi connectivity index (χ2v) is 8.33. The number of halogens is 1. The Hall–Kier alpha value is -0.900. The molecule has 1 aliphatic heterocycles. The third-order valence-corrected chi connectivity index (χ3v) is 6.49. The highest BCUT2D eigenvalue weighted by Gasteiger charge is 2.33. The van der Waals surface area contributed by atoms with Crippen LogP contribution in [0.2, 0.25) is 0 Å². The van der Waals surface area contributed by atoms with E-state index >= 15 is 0 Å². The number of ether oxygens (including phenoxy) is 2. The second-order valence-electron chi connectivity index (χ2n) is 8.33. The molecule has 6 nitrogen and oxygen atoms in total. The minimum Gasteiger partial charge on any atom is -0.385 e. The summed E-state index contributed by atoms with van der Waals surface area (Å²) in [4.78, 5) is 7.00. The smallest absolute Gasteiger partial charge is 0.191 e. The van der Waals surface area contributed by atoms with Crippen LogP contribution in [0.5, 0.6) is 0 Å². The number of guanidine groups is 1. The summed E-state index contributed by atoms with van der Waals surface area (Å²) in [6.45, 7) is 6.16. The highest BCUT2D eigenvalue weighted by atomic mass is 127. The van der Waals surface area contributed by atoms with Gasteiger partial charge in [-0.25, -0.2) is 0 Å². The fourth-order valence-corrected chi connectivity index (χ4v) is 4.67. The standard InChI is InChI=1S/C23H38N4O2.HI/c1-24-22(26-19-23(12-15-28-2)10-6-7-11-23)25-18-21(20-8-4-3-5-9-20)27-13-16-29-17-14-27;/h3-5,8-9,21H,6-7,10-19H2,1-2H3,(H2,24,25,26);1H. The molecule has 1 aromatic rings. The lowest BCUT2D eigenvalue weighted by molar-refractivity contribution is 0.0170. The van der Waals surface area contributed by atoms with Crippen LogP contribution in [0.15, 0.2) is 35.3 Å². The van der Waals surface area contributed by atoms with E-state index in [1.54, 1.807) is 7.11 Å². The van der Waals surface area contributed by atoms with Crippen LogP contribution in [-0.4, -0.2) is 71.0 Å². The van der Waals surface area contributed by atoms with Crippen molar-refractivity contribution in [2.24, 2.45) is 10.4 Å². The average Bonchev–Trinajstić information content (AvgIpc) is 3.25. The van der Waals surface area contributed by atoms with Crippen molar-refractivity contribution in [2.75, 3.05) is 60.2 Å². The van der Waals surface area contributed by atoms with Crippen LogP contribution in [0.4, 0.5) is 0 Å². The molecule has 0 radical (unpaired) electrons. The van der Waals surface area contributed by atoms with E-state index in [0.29, 0.717) is 11.5 Å². The number of hydrogen-bond donors (Lipinski definition) is 2. The lowest BCUT2D eigenvalue weighted by Gasteiger charge is -2.35. The maximum Gasteiger partial charge on any atom is 0.191 e. The molecular weight excluding hydrogens is 491 g/mol. The van der Waals surface area contributed by atoms with Gasteiger partial charge in [-0.15, -0.1) is 24.0 Å². The first-order valence-corrected chi connectivity index (χ1v) is 11.1. The van der Waals surface area contributed by atoms with Crippen molar-refractivity contribution < 1.29 is 9.47 Å². The highest BCUT2D eigenvalue weighted by Crippen LogP contribution is 2.40. The Labute approximate surface area is 199 Å². The molecular formula is C23H39IN4O2. The number of methoxy groups -OCH3 is 1. The van der Waals surface area contributed by atoms with Gasteiger partial charge in [-0.2, -0.15) is 0 Å². The van der Waals surface area contributed by atoms with Crippen LogP contribution >= 0.6 is 24.0 Å². The minimum absolute atomic E-state index is 0. The van der Waals surface area contributed by atoms with E-state index in [1.165, 1.54) is 31.2 Å². The Morgan fingerprint density at radius 1 is 1.17 bits per heavy atom. The van der Waals surface area contributed by atoms with Crippen molar-refractivity contribution in [1.29, 1.82) is 0 Å². The zero-order chi connectivity index (χ0) is 20.4. The zero-order valence-electron chi connectivity index (χ0n) is 18.6. The summed E-state index contributed by atoms with van der Waals surface area (Å²) in [7, 11) is 3.66. The minimum atomic E-state index is 0. The van der Waals surface area contributed by atoms with E-state index in [1.807, 2.05) is 7.05 Å². The summed E-state index contributed by atoms with van der Waals surface area (Å²) in [5, 5.41) is 7.20. The van der Waals surface area contributed by atoms with E-state index < -0.39 is 0 Å².